The van der Waals surface area contributed by atoms with Gasteiger partial charge in [0.15, 0.2) is 0 Å². The number of nitrogens with zero attached hydrogens (tertiary/aromatic N) is 3. The Bertz CT molecular complexity index is 544. The molecule has 2 rings (SSSR count). The third-order valence-corrected chi connectivity index (χ3v) is 4.77. The van der Waals surface area contributed by atoms with Crippen molar-refractivity contribution in [2.45, 2.75) is 32.2 Å². The van der Waals surface area contributed by atoms with E-state index in [0.29, 0.717) is 6.42 Å². The van der Waals surface area contributed by atoms with E-state index in [2.05, 4.69) is 48.6 Å². The Kier molecular flexibility index (Phi) is 5.81. The van der Waals surface area contributed by atoms with Crippen LogP contribution >= 0.6 is 0 Å². The molecule has 0 aromatic carbocycles. The maximum atomic E-state index is 8.92. The van der Waals surface area contributed by atoms with E-state index < -0.39 is 0 Å². The van der Waals surface area contributed by atoms with Crippen LogP contribution in [0.3, 0.4) is 0 Å². The molecule has 2 aliphatic heterocycles. The number of hydrogen-bond donors (Lipinski definition) is 1. The molecule has 0 bridgehead atoms. The van der Waals surface area contributed by atoms with E-state index in [1.165, 1.54) is 0 Å². The quantitative estimate of drug-likeness (QED) is 0.766. The zero-order valence-corrected chi connectivity index (χ0v) is 14.4. The van der Waals surface area contributed by atoms with E-state index in [1.807, 2.05) is 24.3 Å². The van der Waals surface area contributed by atoms with Gasteiger partial charge in [0.2, 0.25) is 0 Å². The Labute approximate surface area is 140 Å². The van der Waals surface area contributed by atoms with Crippen molar-refractivity contribution >= 4 is 0 Å². The van der Waals surface area contributed by atoms with Crippen LogP contribution in [0.1, 0.15) is 26.2 Å². The minimum Gasteiger partial charge on any atom is -0.318 e. The van der Waals surface area contributed by atoms with E-state index in [-0.39, 0.29) is 11.5 Å². The van der Waals surface area contributed by atoms with Gasteiger partial charge in [-0.15, -0.1) is 0 Å². The molecule has 1 unspecified atom stereocenters. The van der Waals surface area contributed by atoms with Gasteiger partial charge in [0.25, 0.3) is 0 Å². The van der Waals surface area contributed by atoms with Crippen molar-refractivity contribution in [3.63, 3.8) is 0 Å². The van der Waals surface area contributed by atoms with Crippen LogP contribution in [0.25, 0.3) is 0 Å². The number of likely N-dealkylation sites (tertiary alicyclic amines) is 1. The fourth-order valence-electron chi connectivity index (χ4n) is 3.01. The first kappa shape index (κ1) is 17.5. The van der Waals surface area contributed by atoms with Crippen molar-refractivity contribution in [3.05, 3.63) is 48.7 Å². The fraction of sp³-hybridized carbons (Fsp3) is 0.526. The average Bonchev–Trinajstić information content (AvgIpc) is 2.94. The van der Waals surface area contributed by atoms with Crippen molar-refractivity contribution in [1.29, 1.82) is 5.26 Å². The number of nitriles is 1. The Morgan fingerprint density at radius 1 is 1.39 bits per heavy atom. The topological polar surface area (TPSA) is 42.3 Å². The summed E-state index contributed by atoms with van der Waals surface area (Å²) in [6.45, 7) is 13.5. The molecule has 124 valence electrons. The van der Waals surface area contributed by atoms with Crippen molar-refractivity contribution < 1.29 is 0 Å². The van der Waals surface area contributed by atoms with Gasteiger partial charge in [-0.1, -0.05) is 32.2 Å². The molecule has 0 amide bonds. The van der Waals surface area contributed by atoms with Gasteiger partial charge in [-0.05, 0) is 48.6 Å². The monoisotopic (exact) mass is 312 g/mol. The molecule has 4 nitrogen and oxygen atoms in total. The zero-order chi connectivity index (χ0) is 16.9. The highest BCUT2D eigenvalue weighted by Gasteiger charge is 2.29. The van der Waals surface area contributed by atoms with Crippen LogP contribution in [0.4, 0.5) is 0 Å². The highest BCUT2D eigenvalue weighted by Crippen LogP contribution is 2.34. The fourth-order valence-corrected chi connectivity index (χ4v) is 3.01. The van der Waals surface area contributed by atoms with Crippen LogP contribution in [0.2, 0.25) is 0 Å². The second-order valence-electron chi connectivity index (χ2n) is 7.05. The van der Waals surface area contributed by atoms with Crippen LogP contribution in [-0.4, -0.2) is 42.6 Å². The molecule has 0 saturated carbocycles. The molecule has 0 aromatic heterocycles. The van der Waals surface area contributed by atoms with Gasteiger partial charge in [0.1, 0.15) is 0 Å². The van der Waals surface area contributed by atoms with Crippen LogP contribution in [0.5, 0.6) is 0 Å². The van der Waals surface area contributed by atoms with Crippen molar-refractivity contribution in [2.24, 2.45) is 5.41 Å². The minimum absolute atomic E-state index is 0.172. The van der Waals surface area contributed by atoms with Crippen LogP contribution in [0, 0.1) is 16.7 Å². The first-order valence-corrected chi connectivity index (χ1v) is 8.23. The lowest BCUT2D eigenvalue weighted by molar-refractivity contribution is 0.130. The van der Waals surface area contributed by atoms with Crippen LogP contribution in [-0.2, 0) is 0 Å². The SMILES string of the molecule is C=C(/C=C\C(=C)C1C=CN(C)N1)CN1CCC(C)(CC#N)CC1. The standard InChI is InChI=1S/C19H28N4/c1-16(5-6-17(2)18-7-12-22(4)21-18)15-23-13-9-19(3,8-11-20)10-14-23/h5-7,12,18,21H,1-2,8-10,13-15H2,3-4H3/b6-5-. The lowest BCUT2D eigenvalue weighted by Gasteiger charge is -2.38. The Morgan fingerprint density at radius 2 is 2.09 bits per heavy atom. The van der Waals surface area contributed by atoms with Crippen LogP contribution < -0.4 is 5.43 Å². The van der Waals surface area contributed by atoms with Gasteiger partial charge >= 0.3 is 0 Å². The summed E-state index contributed by atoms with van der Waals surface area (Å²) in [6.07, 6.45) is 11.1. The van der Waals surface area contributed by atoms with E-state index in [0.717, 1.165) is 43.6 Å². The number of rotatable bonds is 6. The molecule has 0 spiro atoms. The number of hydrazine groups is 1. The Balaban J connectivity index is 1.75. The molecule has 0 aromatic rings. The lowest BCUT2D eigenvalue weighted by atomic mass is 9.78. The van der Waals surface area contributed by atoms with Crippen molar-refractivity contribution in [3.8, 4) is 6.07 Å². The summed E-state index contributed by atoms with van der Waals surface area (Å²) in [5.41, 5.74) is 5.62. The number of hydrogen-bond acceptors (Lipinski definition) is 4. The molecule has 1 atom stereocenters. The molecule has 2 heterocycles. The first-order valence-electron chi connectivity index (χ1n) is 8.23. The van der Waals surface area contributed by atoms with Gasteiger partial charge < -0.3 is 5.01 Å². The third-order valence-electron chi connectivity index (χ3n) is 4.77. The molecule has 23 heavy (non-hydrogen) atoms. The molecule has 1 N–H and O–H groups in total. The smallest absolute Gasteiger partial charge is 0.0704 e. The normalized spacial score (nSPS) is 24.0. The van der Waals surface area contributed by atoms with E-state index in [4.69, 9.17) is 5.26 Å². The Hall–Kier alpha value is -1.83. The van der Waals surface area contributed by atoms with E-state index in [1.54, 1.807) is 0 Å². The summed E-state index contributed by atoms with van der Waals surface area (Å²) in [5.74, 6) is 0. The molecule has 0 aliphatic carbocycles. The molecule has 2 aliphatic rings. The van der Waals surface area contributed by atoms with Crippen LogP contribution in [0.15, 0.2) is 48.7 Å². The highest BCUT2D eigenvalue weighted by molar-refractivity contribution is 5.32. The summed E-state index contributed by atoms with van der Waals surface area (Å²) < 4.78 is 0. The largest absolute Gasteiger partial charge is 0.318 e. The van der Waals surface area contributed by atoms with E-state index in [9.17, 15) is 0 Å². The molecular weight excluding hydrogens is 284 g/mol. The summed E-state index contributed by atoms with van der Waals surface area (Å²) in [7, 11) is 1.98. The Morgan fingerprint density at radius 3 is 2.65 bits per heavy atom. The predicted molar refractivity (Wildman–Crippen MR) is 95.3 cm³/mol. The summed E-state index contributed by atoms with van der Waals surface area (Å²) in [4.78, 5) is 2.43. The van der Waals surface area contributed by atoms with Gasteiger partial charge in [0, 0.05) is 26.2 Å². The minimum atomic E-state index is 0.172. The highest BCUT2D eigenvalue weighted by atomic mass is 15.5. The van der Waals surface area contributed by atoms with Crippen molar-refractivity contribution in [2.75, 3.05) is 26.7 Å². The zero-order valence-electron chi connectivity index (χ0n) is 14.4. The maximum Gasteiger partial charge on any atom is 0.0704 e. The molecule has 1 fully saturated rings. The molecular formula is C19H28N4. The summed E-state index contributed by atoms with van der Waals surface area (Å²) in [6, 6.07) is 2.50. The second kappa shape index (κ2) is 7.63. The molecule has 0 radical (unpaired) electrons. The summed E-state index contributed by atoms with van der Waals surface area (Å²) in [5, 5.41) is 10.9. The van der Waals surface area contributed by atoms with Crippen molar-refractivity contribution in [1.82, 2.24) is 15.3 Å². The van der Waals surface area contributed by atoms with Gasteiger partial charge in [0.05, 0.1) is 12.1 Å². The summed E-state index contributed by atoms with van der Waals surface area (Å²) >= 11 is 0. The van der Waals surface area contributed by atoms with Gasteiger partial charge in [-0.3, -0.25) is 4.90 Å². The predicted octanol–water partition coefficient (Wildman–Crippen LogP) is 3.00. The number of piperidine rings is 1. The first-order chi connectivity index (χ1) is 10.9. The lowest BCUT2D eigenvalue weighted by Crippen LogP contribution is -2.39. The third kappa shape index (κ3) is 5.09. The maximum absolute atomic E-state index is 8.92. The van der Waals surface area contributed by atoms with E-state index >= 15 is 0 Å². The molecule has 1 saturated heterocycles. The molecule has 4 heteroatoms. The second-order valence-corrected chi connectivity index (χ2v) is 7.05. The average molecular weight is 312 g/mol. The van der Waals surface area contributed by atoms with Gasteiger partial charge in [-0.25, -0.2) is 5.43 Å². The number of nitrogens with one attached hydrogen (secondary N) is 1. The van der Waals surface area contributed by atoms with Gasteiger partial charge in [-0.2, -0.15) is 5.26 Å².